The van der Waals surface area contributed by atoms with Gasteiger partial charge < -0.3 is 20.0 Å². The van der Waals surface area contributed by atoms with Crippen molar-refractivity contribution in [1.82, 2.24) is 24.9 Å². The van der Waals surface area contributed by atoms with Gasteiger partial charge in [0.2, 0.25) is 5.91 Å². The van der Waals surface area contributed by atoms with Crippen molar-refractivity contribution >= 4 is 23.9 Å². The third-order valence-electron chi connectivity index (χ3n) is 7.29. The Morgan fingerprint density at radius 2 is 1.84 bits per heavy atom. The molecule has 0 aromatic carbocycles. The second-order valence-electron chi connectivity index (χ2n) is 11.5. The quantitative estimate of drug-likeness (QED) is 0.664. The Labute approximate surface area is 190 Å². The zero-order valence-electron chi connectivity index (χ0n) is 20.0. The summed E-state index contributed by atoms with van der Waals surface area (Å²) in [5.41, 5.74) is -0.944. The Bertz CT molecular complexity index is 827. The van der Waals surface area contributed by atoms with Crippen LogP contribution < -0.4 is 5.32 Å². The molecule has 4 fully saturated rings. The van der Waals surface area contributed by atoms with Crippen molar-refractivity contribution in [1.29, 1.82) is 0 Å². The van der Waals surface area contributed by atoms with Crippen molar-refractivity contribution in [3.05, 3.63) is 0 Å². The van der Waals surface area contributed by atoms with E-state index in [1.54, 1.807) is 4.90 Å². The van der Waals surface area contributed by atoms with Crippen LogP contribution in [0.3, 0.4) is 0 Å². The van der Waals surface area contributed by atoms with Gasteiger partial charge in [0.1, 0.15) is 12.1 Å². The maximum Gasteiger partial charge on any atom is 0.325 e. The lowest BCUT2D eigenvalue weighted by molar-refractivity contribution is -0.141. The predicted octanol–water partition coefficient (Wildman–Crippen LogP) is 1.73. The SMILES string of the molecule is CC(C)CN1CC2CN(C(=O)CN3C(=O)NC4(CC(C)CC(C)(C)C4)C3=O)CCN2C1=O. The van der Waals surface area contributed by atoms with E-state index in [2.05, 4.69) is 39.9 Å². The van der Waals surface area contributed by atoms with Crippen LogP contribution in [0.25, 0.3) is 0 Å². The Kier molecular flexibility index (Phi) is 5.66. The molecule has 3 heterocycles. The van der Waals surface area contributed by atoms with Crippen LogP contribution in [-0.4, -0.2) is 94.3 Å². The molecule has 4 aliphatic rings. The van der Waals surface area contributed by atoms with E-state index in [0.29, 0.717) is 57.4 Å². The van der Waals surface area contributed by atoms with Crippen molar-refractivity contribution in [3.63, 3.8) is 0 Å². The Morgan fingerprint density at radius 3 is 2.50 bits per heavy atom. The van der Waals surface area contributed by atoms with E-state index >= 15 is 0 Å². The molecule has 3 unspecified atom stereocenters. The molecular weight excluding hydrogens is 410 g/mol. The summed E-state index contributed by atoms with van der Waals surface area (Å²) < 4.78 is 0. The van der Waals surface area contributed by atoms with E-state index < -0.39 is 11.6 Å². The molecule has 1 saturated carbocycles. The molecule has 1 spiro atoms. The number of carbonyl (C=O) groups is 4. The fourth-order valence-electron chi connectivity index (χ4n) is 6.48. The van der Waals surface area contributed by atoms with Crippen molar-refractivity contribution < 1.29 is 19.2 Å². The molecule has 32 heavy (non-hydrogen) atoms. The first kappa shape index (κ1) is 22.9. The lowest BCUT2D eigenvalue weighted by atomic mass is 9.64. The van der Waals surface area contributed by atoms with Crippen LogP contribution in [0.5, 0.6) is 0 Å². The van der Waals surface area contributed by atoms with Crippen LogP contribution in [0.2, 0.25) is 0 Å². The van der Waals surface area contributed by atoms with Crippen molar-refractivity contribution in [2.75, 3.05) is 39.3 Å². The first-order valence-electron chi connectivity index (χ1n) is 11.9. The average molecular weight is 448 g/mol. The smallest absolute Gasteiger partial charge is 0.325 e. The fourth-order valence-corrected chi connectivity index (χ4v) is 6.48. The summed E-state index contributed by atoms with van der Waals surface area (Å²) in [6.07, 6.45) is 2.21. The predicted molar refractivity (Wildman–Crippen MR) is 119 cm³/mol. The zero-order valence-corrected chi connectivity index (χ0v) is 20.0. The number of amides is 6. The molecule has 1 N–H and O–H groups in total. The third kappa shape index (κ3) is 4.06. The van der Waals surface area contributed by atoms with E-state index in [9.17, 15) is 19.2 Å². The first-order valence-corrected chi connectivity index (χ1v) is 11.9. The van der Waals surface area contributed by atoms with Crippen molar-refractivity contribution in [2.24, 2.45) is 17.3 Å². The number of piperazine rings is 1. The Morgan fingerprint density at radius 1 is 1.12 bits per heavy atom. The molecule has 9 heteroatoms. The van der Waals surface area contributed by atoms with Gasteiger partial charge in [0, 0.05) is 32.7 Å². The average Bonchev–Trinajstić information content (AvgIpc) is 3.07. The minimum Gasteiger partial charge on any atom is -0.337 e. The van der Waals surface area contributed by atoms with E-state index in [-0.39, 0.29) is 35.8 Å². The molecule has 6 amide bonds. The largest absolute Gasteiger partial charge is 0.337 e. The van der Waals surface area contributed by atoms with E-state index in [1.165, 1.54) is 0 Å². The van der Waals surface area contributed by atoms with Crippen molar-refractivity contribution in [3.8, 4) is 0 Å². The molecule has 3 saturated heterocycles. The maximum atomic E-state index is 13.3. The number of urea groups is 2. The van der Waals surface area contributed by atoms with E-state index in [1.807, 2.05) is 9.80 Å². The summed E-state index contributed by atoms with van der Waals surface area (Å²) in [5.74, 6) is 0.203. The van der Waals surface area contributed by atoms with Crippen LogP contribution in [0.1, 0.15) is 53.9 Å². The number of hydrogen-bond donors (Lipinski definition) is 1. The van der Waals surface area contributed by atoms with Gasteiger partial charge in [-0.15, -0.1) is 0 Å². The number of fused-ring (bicyclic) bond motifs is 1. The summed E-state index contributed by atoms with van der Waals surface area (Å²) in [6.45, 7) is 13.0. The lowest BCUT2D eigenvalue weighted by Crippen LogP contribution is -2.56. The molecule has 3 aliphatic heterocycles. The highest BCUT2D eigenvalue weighted by Crippen LogP contribution is 2.46. The molecule has 3 atom stereocenters. The first-order chi connectivity index (χ1) is 14.9. The summed E-state index contributed by atoms with van der Waals surface area (Å²) in [7, 11) is 0. The Balaban J connectivity index is 1.40. The van der Waals surface area contributed by atoms with Gasteiger partial charge in [-0.2, -0.15) is 0 Å². The van der Waals surface area contributed by atoms with Gasteiger partial charge in [0.15, 0.2) is 0 Å². The third-order valence-corrected chi connectivity index (χ3v) is 7.29. The Hall–Kier alpha value is -2.32. The van der Waals surface area contributed by atoms with Gasteiger partial charge >= 0.3 is 12.1 Å². The maximum absolute atomic E-state index is 13.3. The molecule has 4 rings (SSSR count). The number of imide groups is 1. The van der Waals surface area contributed by atoms with Gasteiger partial charge in [0.05, 0.1) is 6.04 Å². The highest BCUT2D eigenvalue weighted by atomic mass is 16.2. The molecule has 1 aliphatic carbocycles. The summed E-state index contributed by atoms with van der Waals surface area (Å²) in [4.78, 5) is 58.2. The number of nitrogens with one attached hydrogen (secondary N) is 1. The van der Waals surface area contributed by atoms with Crippen LogP contribution in [0, 0.1) is 17.3 Å². The summed E-state index contributed by atoms with van der Waals surface area (Å²) in [6, 6.07) is -0.458. The van der Waals surface area contributed by atoms with Crippen LogP contribution >= 0.6 is 0 Å². The minimum atomic E-state index is -0.896. The van der Waals surface area contributed by atoms with Gasteiger partial charge in [-0.3, -0.25) is 14.5 Å². The van der Waals surface area contributed by atoms with Gasteiger partial charge in [-0.1, -0.05) is 34.6 Å². The highest BCUT2D eigenvalue weighted by Gasteiger charge is 2.56. The molecule has 9 nitrogen and oxygen atoms in total. The summed E-state index contributed by atoms with van der Waals surface area (Å²) in [5, 5.41) is 2.94. The van der Waals surface area contributed by atoms with E-state index in [4.69, 9.17) is 0 Å². The topological polar surface area (TPSA) is 93.3 Å². The van der Waals surface area contributed by atoms with Gasteiger partial charge in [-0.05, 0) is 36.5 Å². The number of hydrogen-bond acceptors (Lipinski definition) is 4. The fraction of sp³-hybridized carbons (Fsp3) is 0.826. The molecule has 0 aromatic rings. The minimum absolute atomic E-state index is 0.0339. The van der Waals surface area contributed by atoms with Gasteiger partial charge in [-0.25, -0.2) is 9.59 Å². The molecular formula is C23H37N5O4. The second-order valence-corrected chi connectivity index (χ2v) is 11.5. The highest BCUT2D eigenvalue weighted by molar-refractivity contribution is 6.09. The zero-order chi connectivity index (χ0) is 23.4. The normalized spacial score (nSPS) is 32.2. The monoisotopic (exact) mass is 447 g/mol. The molecule has 0 aromatic heterocycles. The molecule has 178 valence electrons. The standard InChI is InChI=1S/C23H37N5O4/c1-15(2)10-26-12-17-11-25(6-7-27(17)21(26)32)18(29)13-28-19(30)23(24-20(28)31)9-16(3)8-22(4,5)14-23/h15-17H,6-14H2,1-5H3,(H,24,31). The summed E-state index contributed by atoms with van der Waals surface area (Å²) >= 11 is 0. The van der Waals surface area contributed by atoms with Crippen molar-refractivity contribution in [2.45, 2.75) is 65.5 Å². The van der Waals surface area contributed by atoms with Crippen LogP contribution in [0.15, 0.2) is 0 Å². The molecule has 0 radical (unpaired) electrons. The molecule has 0 bridgehead atoms. The van der Waals surface area contributed by atoms with E-state index in [0.717, 1.165) is 11.3 Å². The van der Waals surface area contributed by atoms with Crippen LogP contribution in [0.4, 0.5) is 9.59 Å². The lowest BCUT2D eigenvalue weighted by Gasteiger charge is -2.43. The van der Waals surface area contributed by atoms with Gasteiger partial charge in [0.25, 0.3) is 5.91 Å². The number of carbonyl (C=O) groups excluding carboxylic acids is 4. The second kappa shape index (κ2) is 7.92. The van der Waals surface area contributed by atoms with Crippen LogP contribution in [-0.2, 0) is 9.59 Å². The number of nitrogens with zero attached hydrogens (tertiary/aromatic N) is 4. The number of rotatable bonds is 4.